The van der Waals surface area contributed by atoms with Crippen LogP contribution in [0.1, 0.15) is 24.1 Å². The lowest BCUT2D eigenvalue weighted by Crippen LogP contribution is -2.16. The summed E-state index contributed by atoms with van der Waals surface area (Å²) in [6.07, 6.45) is -3.26. The van der Waals surface area contributed by atoms with E-state index in [0.29, 0.717) is 19.1 Å². The Balaban J connectivity index is 2.63. The molecule has 0 aliphatic heterocycles. The van der Waals surface area contributed by atoms with Crippen LogP contribution in [-0.2, 0) is 23.4 Å². The van der Waals surface area contributed by atoms with Gasteiger partial charge in [-0.15, -0.1) is 0 Å². The molecular formula is C9H8ClF3N2O. The number of rotatable bonds is 2. The molecule has 0 unspecified atom stereocenters. The molecule has 1 aliphatic rings. The number of alkyl halides is 3. The van der Waals surface area contributed by atoms with E-state index in [1.165, 1.54) is 7.05 Å². The Hall–Kier alpha value is -1.04. The lowest BCUT2D eigenvalue weighted by atomic mass is 9.98. The number of carbonyl (C=O) groups is 1. The molecule has 0 atom stereocenters. The summed E-state index contributed by atoms with van der Waals surface area (Å²) in [5.41, 5.74) is -2.31. The van der Waals surface area contributed by atoms with Crippen LogP contribution in [0, 0.1) is 0 Å². The second-order valence-corrected chi connectivity index (χ2v) is 4.27. The summed E-state index contributed by atoms with van der Waals surface area (Å²) in [7, 11) is 1.32. The van der Waals surface area contributed by atoms with Crippen LogP contribution in [0.4, 0.5) is 13.2 Å². The molecule has 16 heavy (non-hydrogen) atoms. The number of aromatic nitrogens is 2. The first kappa shape index (κ1) is 11.4. The summed E-state index contributed by atoms with van der Waals surface area (Å²) in [5.74, 6) is 0. The number of hydrogen-bond donors (Lipinski definition) is 0. The van der Waals surface area contributed by atoms with Crippen molar-refractivity contribution in [1.29, 1.82) is 0 Å². The topological polar surface area (TPSA) is 34.9 Å². The van der Waals surface area contributed by atoms with Gasteiger partial charge in [-0.2, -0.15) is 18.3 Å². The van der Waals surface area contributed by atoms with E-state index in [4.69, 9.17) is 11.6 Å². The molecule has 1 heterocycles. The lowest BCUT2D eigenvalue weighted by Gasteiger charge is -2.10. The smallest absolute Gasteiger partial charge is 0.302 e. The van der Waals surface area contributed by atoms with Gasteiger partial charge in [0.25, 0.3) is 0 Å². The van der Waals surface area contributed by atoms with Crippen LogP contribution >= 0.6 is 11.6 Å². The first-order chi connectivity index (χ1) is 7.32. The molecule has 1 aromatic rings. The normalized spacial score (nSPS) is 18.6. The van der Waals surface area contributed by atoms with E-state index in [9.17, 15) is 18.0 Å². The van der Waals surface area contributed by atoms with Crippen molar-refractivity contribution in [3.8, 4) is 0 Å². The zero-order valence-electron chi connectivity index (χ0n) is 8.31. The maximum absolute atomic E-state index is 12.7. The SMILES string of the molecule is Cn1nc(C(F)(F)F)c(C2(C=O)CC2)c1Cl. The van der Waals surface area contributed by atoms with Gasteiger partial charge in [0.15, 0.2) is 5.69 Å². The van der Waals surface area contributed by atoms with Gasteiger partial charge in [0, 0.05) is 12.6 Å². The molecule has 0 bridgehead atoms. The Kier molecular flexibility index (Phi) is 2.31. The number of hydrogen-bond acceptors (Lipinski definition) is 2. The first-order valence-corrected chi connectivity index (χ1v) is 4.96. The van der Waals surface area contributed by atoms with Gasteiger partial charge in [0.2, 0.25) is 0 Å². The van der Waals surface area contributed by atoms with Crippen molar-refractivity contribution in [2.75, 3.05) is 0 Å². The molecule has 0 radical (unpaired) electrons. The zero-order chi connectivity index (χ0) is 12.1. The first-order valence-electron chi connectivity index (χ1n) is 4.58. The Labute approximate surface area is 94.2 Å². The fourth-order valence-electron chi connectivity index (χ4n) is 1.70. The van der Waals surface area contributed by atoms with Gasteiger partial charge in [-0.05, 0) is 12.8 Å². The van der Waals surface area contributed by atoms with Gasteiger partial charge in [0.1, 0.15) is 11.4 Å². The minimum atomic E-state index is -4.58. The monoisotopic (exact) mass is 252 g/mol. The third-order valence-corrected chi connectivity index (χ3v) is 3.19. The lowest BCUT2D eigenvalue weighted by molar-refractivity contribution is -0.142. The Morgan fingerprint density at radius 3 is 2.44 bits per heavy atom. The van der Waals surface area contributed by atoms with Crippen LogP contribution in [-0.4, -0.2) is 16.1 Å². The molecule has 3 nitrogen and oxygen atoms in total. The highest BCUT2D eigenvalue weighted by atomic mass is 35.5. The molecule has 0 amide bonds. The molecule has 0 aromatic carbocycles. The van der Waals surface area contributed by atoms with Crippen molar-refractivity contribution in [2.45, 2.75) is 24.4 Å². The van der Waals surface area contributed by atoms with Gasteiger partial charge in [-0.1, -0.05) is 11.6 Å². The summed E-state index contributed by atoms with van der Waals surface area (Å²) < 4.78 is 39.0. The second kappa shape index (κ2) is 3.23. The quantitative estimate of drug-likeness (QED) is 0.757. The molecule has 1 aliphatic carbocycles. The molecule has 7 heteroatoms. The maximum Gasteiger partial charge on any atom is 0.435 e. The molecule has 0 N–H and O–H groups in total. The van der Waals surface area contributed by atoms with E-state index < -0.39 is 17.3 Å². The number of carbonyl (C=O) groups excluding carboxylic acids is 1. The van der Waals surface area contributed by atoms with E-state index in [1.54, 1.807) is 0 Å². The van der Waals surface area contributed by atoms with E-state index in [2.05, 4.69) is 5.10 Å². The standard InChI is InChI=1S/C9H8ClF3N2O/c1-15-7(10)5(8(4-16)2-3-8)6(14-15)9(11,12)13/h4H,2-3H2,1H3. The summed E-state index contributed by atoms with van der Waals surface area (Å²) in [6.45, 7) is 0. The average Bonchev–Trinajstić information content (AvgIpc) is 2.90. The zero-order valence-corrected chi connectivity index (χ0v) is 9.06. The van der Waals surface area contributed by atoms with Crippen LogP contribution in [0.15, 0.2) is 0 Å². The minimum Gasteiger partial charge on any atom is -0.302 e. The Morgan fingerprint density at radius 1 is 1.50 bits per heavy atom. The molecule has 2 rings (SSSR count). The fourth-order valence-corrected chi connectivity index (χ4v) is 2.02. The highest BCUT2D eigenvalue weighted by molar-refractivity contribution is 6.30. The van der Waals surface area contributed by atoms with Crippen molar-refractivity contribution in [3.63, 3.8) is 0 Å². The Morgan fingerprint density at radius 2 is 2.06 bits per heavy atom. The van der Waals surface area contributed by atoms with Crippen LogP contribution in [0.5, 0.6) is 0 Å². The highest BCUT2D eigenvalue weighted by Crippen LogP contribution is 2.52. The van der Waals surface area contributed by atoms with Crippen molar-refractivity contribution in [3.05, 3.63) is 16.4 Å². The number of aryl methyl sites for hydroxylation is 1. The Bertz CT molecular complexity index is 448. The van der Waals surface area contributed by atoms with Gasteiger partial charge in [-0.3, -0.25) is 4.68 Å². The van der Waals surface area contributed by atoms with Gasteiger partial charge >= 0.3 is 6.18 Å². The van der Waals surface area contributed by atoms with Gasteiger partial charge in [-0.25, -0.2) is 0 Å². The summed E-state index contributed by atoms with van der Waals surface area (Å²) in [4.78, 5) is 10.9. The van der Waals surface area contributed by atoms with Gasteiger partial charge < -0.3 is 4.79 Å². The molecule has 0 saturated heterocycles. The van der Waals surface area contributed by atoms with Crippen LogP contribution < -0.4 is 0 Å². The van der Waals surface area contributed by atoms with E-state index in [-0.39, 0.29) is 10.7 Å². The predicted molar refractivity (Wildman–Crippen MR) is 50.2 cm³/mol. The molecule has 88 valence electrons. The minimum absolute atomic E-state index is 0.114. The highest BCUT2D eigenvalue weighted by Gasteiger charge is 2.53. The summed E-state index contributed by atoms with van der Waals surface area (Å²) in [5, 5.41) is 3.22. The average molecular weight is 253 g/mol. The fraction of sp³-hybridized carbons (Fsp3) is 0.556. The van der Waals surface area contributed by atoms with E-state index in [1.807, 2.05) is 0 Å². The molecule has 1 saturated carbocycles. The second-order valence-electron chi connectivity index (χ2n) is 3.91. The van der Waals surface area contributed by atoms with Crippen molar-refractivity contribution in [1.82, 2.24) is 9.78 Å². The number of halogens is 4. The van der Waals surface area contributed by atoms with Crippen LogP contribution in [0.2, 0.25) is 5.15 Å². The van der Waals surface area contributed by atoms with E-state index >= 15 is 0 Å². The molecule has 1 fully saturated rings. The molecule has 1 aromatic heterocycles. The third kappa shape index (κ3) is 1.52. The summed E-state index contributed by atoms with van der Waals surface area (Å²) >= 11 is 5.76. The third-order valence-electron chi connectivity index (χ3n) is 2.76. The van der Waals surface area contributed by atoms with E-state index in [0.717, 1.165) is 4.68 Å². The molecular weight excluding hydrogens is 245 g/mol. The maximum atomic E-state index is 12.7. The van der Waals surface area contributed by atoms with Crippen LogP contribution in [0.25, 0.3) is 0 Å². The summed E-state index contributed by atoms with van der Waals surface area (Å²) in [6, 6.07) is 0. The largest absolute Gasteiger partial charge is 0.435 e. The van der Waals surface area contributed by atoms with Crippen molar-refractivity contribution >= 4 is 17.9 Å². The number of aldehydes is 1. The van der Waals surface area contributed by atoms with Crippen molar-refractivity contribution in [2.24, 2.45) is 7.05 Å². The number of nitrogens with zero attached hydrogens (tertiary/aromatic N) is 2. The van der Waals surface area contributed by atoms with Crippen molar-refractivity contribution < 1.29 is 18.0 Å². The molecule has 0 spiro atoms. The van der Waals surface area contributed by atoms with Gasteiger partial charge in [0.05, 0.1) is 5.41 Å². The predicted octanol–water partition coefficient (Wildman–Crippen LogP) is 2.32. The van der Waals surface area contributed by atoms with Crippen LogP contribution in [0.3, 0.4) is 0 Å².